The Balaban J connectivity index is 1.75. The second kappa shape index (κ2) is 6.09. The number of benzene rings is 2. The Morgan fingerprint density at radius 1 is 1.04 bits per heavy atom. The zero-order chi connectivity index (χ0) is 16.4. The van der Waals surface area contributed by atoms with Crippen molar-refractivity contribution >= 4 is 16.6 Å². The van der Waals surface area contributed by atoms with Gasteiger partial charge in [0.25, 0.3) is 0 Å². The van der Waals surface area contributed by atoms with Crippen molar-refractivity contribution in [3.05, 3.63) is 65.4 Å². The van der Waals surface area contributed by atoms with Gasteiger partial charge in [0.2, 0.25) is 0 Å². The first-order valence-electron chi connectivity index (χ1n) is 8.11. The molecule has 0 saturated carbocycles. The summed E-state index contributed by atoms with van der Waals surface area (Å²) in [5.41, 5.74) is 10.3. The molecule has 0 saturated heterocycles. The first-order chi connectivity index (χ1) is 10.9. The summed E-state index contributed by atoms with van der Waals surface area (Å²) >= 11 is 0. The van der Waals surface area contributed by atoms with Gasteiger partial charge in [-0.15, -0.1) is 0 Å². The minimum absolute atomic E-state index is 0.810. The highest BCUT2D eigenvalue weighted by atomic mass is 16.3. The number of rotatable bonds is 5. The van der Waals surface area contributed by atoms with Crippen molar-refractivity contribution in [2.24, 2.45) is 0 Å². The second-order valence-electron chi connectivity index (χ2n) is 6.70. The number of hydrogen-bond donors (Lipinski definition) is 3. The lowest BCUT2D eigenvalue weighted by Crippen LogP contribution is -2.15. The Bertz CT molecular complexity index is 795. The SMILES string of the molecule is CC(C)(O)c1cccc2c(CCCc3ccc(N)cc3)c[nH]c12. The van der Waals surface area contributed by atoms with Gasteiger partial charge in [0.1, 0.15) is 0 Å². The maximum atomic E-state index is 10.3. The standard InChI is InChI=1S/C20H24N2O/c1-20(2,23)18-8-4-7-17-15(13-22-19(17)18)6-3-5-14-9-11-16(21)12-10-14/h4,7-13,22-23H,3,5-6,21H2,1-2H3. The Hall–Kier alpha value is -2.26. The molecule has 3 aromatic rings. The molecule has 1 aromatic heterocycles. The number of H-pyrrole nitrogens is 1. The van der Waals surface area contributed by atoms with Crippen molar-refractivity contribution in [3.8, 4) is 0 Å². The average Bonchev–Trinajstić information content (AvgIpc) is 2.91. The first kappa shape index (κ1) is 15.6. The summed E-state index contributed by atoms with van der Waals surface area (Å²) in [4.78, 5) is 3.34. The van der Waals surface area contributed by atoms with Crippen molar-refractivity contribution in [1.29, 1.82) is 0 Å². The van der Waals surface area contributed by atoms with E-state index < -0.39 is 5.60 Å². The van der Waals surface area contributed by atoms with Crippen molar-refractivity contribution in [1.82, 2.24) is 4.98 Å². The van der Waals surface area contributed by atoms with Crippen molar-refractivity contribution in [3.63, 3.8) is 0 Å². The molecule has 0 bridgehead atoms. The van der Waals surface area contributed by atoms with Crippen LogP contribution in [-0.2, 0) is 18.4 Å². The molecule has 0 fully saturated rings. The molecule has 4 N–H and O–H groups in total. The lowest BCUT2D eigenvalue weighted by molar-refractivity contribution is 0.0800. The van der Waals surface area contributed by atoms with Gasteiger partial charge in [0.15, 0.2) is 0 Å². The van der Waals surface area contributed by atoms with Crippen LogP contribution in [0.4, 0.5) is 5.69 Å². The van der Waals surface area contributed by atoms with E-state index in [1.54, 1.807) is 0 Å². The summed E-state index contributed by atoms with van der Waals surface area (Å²) in [7, 11) is 0. The molecule has 3 nitrogen and oxygen atoms in total. The third kappa shape index (κ3) is 3.40. The van der Waals surface area contributed by atoms with E-state index in [-0.39, 0.29) is 0 Å². The highest BCUT2D eigenvalue weighted by Gasteiger charge is 2.20. The molecule has 3 heteroatoms. The molecule has 1 heterocycles. The second-order valence-corrected chi connectivity index (χ2v) is 6.70. The van der Waals surface area contributed by atoms with Gasteiger partial charge in [-0.05, 0) is 56.4 Å². The smallest absolute Gasteiger partial charge is 0.0860 e. The number of hydrogen-bond acceptors (Lipinski definition) is 2. The molecule has 23 heavy (non-hydrogen) atoms. The van der Waals surface area contributed by atoms with E-state index in [1.165, 1.54) is 16.5 Å². The number of aromatic amines is 1. The third-order valence-corrected chi connectivity index (χ3v) is 4.35. The summed E-state index contributed by atoms with van der Waals surface area (Å²) in [6.45, 7) is 3.65. The zero-order valence-corrected chi connectivity index (χ0v) is 13.8. The molecular formula is C20H24N2O. The third-order valence-electron chi connectivity index (χ3n) is 4.35. The summed E-state index contributed by atoms with van der Waals surface area (Å²) in [6, 6.07) is 14.2. The maximum Gasteiger partial charge on any atom is 0.0860 e. The quantitative estimate of drug-likeness (QED) is 0.620. The maximum absolute atomic E-state index is 10.3. The van der Waals surface area contributed by atoms with Crippen molar-refractivity contribution in [2.75, 3.05) is 5.73 Å². The molecule has 2 aromatic carbocycles. The number of fused-ring (bicyclic) bond motifs is 1. The number of aromatic nitrogens is 1. The van der Waals surface area contributed by atoms with Gasteiger partial charge in [-0.3, -0.25) is 0 Å². The minimum Gasteiger partial charge on any atom is -0.399 e. The van der Waals surface area contributed by atoms with Gasteiger partial charge in [-0.25, -0.2) is 0 Å². The van der Waals surface area contributed by atoms with E-state index in [9.17, 15) is 5.11 Å². The molecule has 0 aliphatic heterocycles. The topological polar surface area (TPSA) is 62.0 Å². The van der Waals surface area contributed by atoms with Gasteiger partial charge in [-0.1, -0.05) is 30.3 Å². The van der Waals surface area contributed by atoms with Crippen LogP contribution in [0.5, 0.6) is 0 Å². The Morgan fingerprint density at radius 2 is 1.78 bits per heavy atom. The van der Waals surface area contributed by atoms with Crippen LogP contribution in [0.2, 0.25) is 0 Å². The van der Waals surface area contributed by atoms with E-state index in [0.717, 1.165) is 36.0 Å². The van der Waals surface area contributed by atoms with Crippen LogP contribution in [0.3, 0.4) is 0 Å². The highest BCUT2D eigenvalue weighted by molar-refractivity contribution is 5.86. The number of anilines is 1. The van der Waals surface area contributed by atoms with E-state index >= 15 is 0 Å². The largest absolute Gasteiger partial charge is 0.399 e. The summed E-state index contributed by atoms with van der Waals surface area (Å²) in [5.74, 6) is 0. The van der Waals surface area contributed by atoms with E-state index in [0.29, 0.717) is 0 Å². The van der Waals surface area contributed by atoms with Gasteiger partial charge in [-0.2, -0.15) is 0 Å². The monoisotopic (exact) mass is 308 g/mol. The highest BCUT2D eigenvalue weighted by Crippen LogP contribution is 2.30. The normalized spacial score (nSPS) is 12.0. The van der Waals surface area contributed by atoms with Gasteiger partial charge in [0.05, 0.1) is 11.1 Å². The molecule has 0 spiro atoms. The summed E-state index contributed by atoms with van der Waals surface area (Å²) in [5, 5.41) is 11.5. The van der Waals surface area contributed by atoms with E-state index in [2.05, 4.69) is 29.4 Å². The van der Waals surface area contributed by atoms with Gasteiger partial charge >= 0.3 is 0 Å². The number of aliphatic hydroxyl groups is 1. The van der Waals surface area contributed by atoms with Crippen LogP contribution < -0.4 is 5.73 Å². The molecule has 120 valence electrons. The number of para-hydroxylation sites is 1. The van der Waals surface area contributed by atoms with Crippen LogP contribution in [-0.4, -0.2) is 10.1 Å². The van der Waals surface area contributed by atoms with Crippen LogP contribution in [0.1, 0.15) is 37.0 Å². The zero-order valence-electron chi connectivity index (χ0n) is 13.8. The van der Waals surface area contributed by atoms with E-state index in [1.807, 2.05) is 38.1 Å². The fraction of sp³-hybridized carbons (Fsp3) is 0.300. The van der Waals surface area contributed by atoms with Crippen LogP contribution in [0.15, 0.2) is 48.7 Å². The first-order valence-corrected chi connectivity index (χ1v) is 8.11. The number of nitrogens with one attached hydrogen (secondary N) is 1. The lowest BCUT2D eigenvalue weighted by atomic mass is 9.95. The Morgan fingerprint density at radius 3 is 2.48 bits per heavy atom. The van der Waals surface area contributed by atoms with Crippen LogP contribution >= 0.6 is 0 Å². The lowest BCUT2D eigenvalue weighted by Gasteiger charge is -2.18. The van der Waals surface area contributed by atoms with Crippen molar-refractivity contribution < 1.29 is 5.11 Å². The predicted octanol–water partition coefficient (Wildman–Crippen LogP) is 4.15. The predicted molar refractivity (Wildman–Crippen MR) is 96.4 cm³/mol. The molecule has 0 atom stereocenters. The molecule has 3 rings (SSSR count). The number of nitrogen functional groups attached to an aromatic ring is 1. The fourth-order valence-corrected chi connectivity index (χ4v) is 3.10. The molecule has 0 unspecified atom stereocenters. The molecule has 0 aliphatic rings. The van der Waals surface area contributed by atoms with E-state index in [4.69, 9.17) is 5.73 Å². The van der Waals surface area contributed by atoms with Gasteiger partial charge < -0.3 is 15.8 Å². The molecular weight excluding hydrogens is 284 g/mol. The number of nitrogens with two attached hydrogens (primary N) is 1. The summed E-state index contributed by atoms with van der Waals surface area (Å²) in [6.07, 6.45) is 5.21. The minimum atomic E-state index is -0.842. The van der Waals surface area contributed by atoms with Crippen LogP contribution in [0.25, 0.3) is 10.9 Å². The summed E-state index contributed by atoms with van der Waals surface area (Å²) < 4.78 is 0. The molecule has 0 aliphatic carbocycles. The fourth-order valence-electron chi connectivity index (χ4n) is 3.10. The van der Waals surface area contributed by atoms with Gasteiger partial charge in [0, 0.05) is 22.8 Å². The van der Waals surface area contributed by atoms with Crippen LogP contribution in [0, 0.1) is 0 Å². The average molecular weight is 308 g/mol. The molecule has 0 amide bonds. The Labute approximate surface area is 137 Å². The number of aryl methyl sites for hydroxylation is 2. The van der Waals surface area contributed by atoms with Crippen molar-refractivity contribution in [2.45, 2.75) is 38.7 Å². The Kier molecular flexibility index (Phi) is 4.14. The molecule has 0 radical (unpaired) electrons.